The smallest absolute Gasteiger partial charge is 0.257 e. The van der Waals surface area contributed by atoms with Crippen molar-refractivity contribution in [1.29, 1.82) is 0 Å². The minimum atomic E-state index is -1.09. The molecule has 1 aliphatic rings. The van der Waals surface area contributed by atoms with Crippen LogP contribution in [-0.4, -0.2) is 17.6 Å². The zero-order valence-corrected chi connectivity index (χ0v) is 13.1. The maximum absolute atomic E-state index is 11.6. The van der Waals surface area contributed by atoms with Gasteiger partial charge in [0.2, 0.25) is 0 Å². The fraction of sp³-hybridized carbons (Fsp3) is 0.188. The molecule has 4 nitrogen and oxygen atoms in total. The lowest BCUT2D eigenvalue weighted by Crippen LogP contribution is -2.16. The second-order valence-electron chi connectivity index (χ2n) is 4.86. The van der Waals surface area contributed by atoms with Crippen molar-refractivity contribution in [3.8, 4) is 0 Å². The first-order valence-electron chi connectivity index (χ1n) is 6.76. The Hall–Kier alpha value is -1.85. The summed E-state index contributed by atoms with van der Waals surface area (Å²) in [7, 11) is 0. The number of aliphatic hydroxyl groups excluding tert-OH is 1. The number of rotatable bonds is 3. The molecule has 0 aromatic heterocycles. The molecule has 0 bridgehead atoms. The van der Waals surface area contributed by atoms with Gasteiger partial charge >= 0.3 is 0 Å². The van der Waals surface area contributed by atoms with Crippen molar-refractivity contribution in [2.75, 3.05) is 16.8 Å². The van der Waals surface area contributed by atoms with E-state index in [0.29, 0.717) is 11.3 Å². The van der Waals surface area contributed by atoms with E-state index in [4.69, 9.17) is 0 Å². The van der Waals surface area contributed by atoms with Gasteiger partial charge in [-0.05, 0) is 47.1 Å². The van der Waals surface area contributed by atoms with Gasteiger partial charge in [0.15, 0.2) is 6.10 Å². The SMILES string of the molecule is CCN(c1ccccc1)c1cc2c(cc1Br)C(O)C(=O)N2. The number of hydrogen-bond acceptors (Lipinski definition) is 3. The van der Waals surface area contributed by atoms with E-state index < -0.39 is 6.10 Å². The number of halogens is 1. The summed E-state index contributed by atoms with van der Waals surface area (Å²) in [5, 5.41) is 12.5. The minimum absolute atomic E-state index is 0.378. The normalized spacial score (nSPS) is 16.5. The zero-order valence-electron chi connectivity index (χ0n) is 11.5. The van der Waals surface area contributed by atoms with E-state index in [9.17, 15) is 9.90 Å². The standard InChI is InChI=1S/C16H15BrN2O2/c1-2-19(10-6-4-3-5-7-10)14-9-13-11(8-12(14)17)15(20)16(21)18-13/h3-9,15,20H,2H2,1H3,(H,18,21). The lowest BCUT2D eigenvalue weighted by Gasteiger charge is -2.25. The monoisotopic (exact) mass is 346 g/mol. The number of carbonyl (C=O) groups is 1. The summed E-state index contributed by atoms with van der Waals surface area (Å²) in [5.74, 6) is -0.378. The van der Waals surface area contributed by atoms with Crippen LogP contribution in [0.3, 0.4) is 0 Å². The number of nitrogens with zero attached hydrogens (tertiary/aromatic N) is 1. The Morgan fingerprint density at radius 2 is 2.00 bits per heavy atom. The van der Waals surface area contributed by atoms with Gasteiger partial charge in [-0.15, -0.1) is 0 Å². The summed E-state index contributed by atoms with van der Waals surface area (Å²) in [6.45, 7) is 2.86. The second kappa shape index (κ2) is 5.50. The number of para-hydroxylation sites is 1. The molecule has 108 valence electrons. The predicted octanol–water partition coefficient (Wildman–Crippen LogP) is 3.59. The Morgan fingerprint density at radius 3 is 2.67 bits per heavy atom. The Labute approximate surface area is 131 Å². The molecule has 21 heavy (non-hydrogen) atoms. The summed E-state index contributed by atoms with van der Waals surface area (Å²) in [6.07, 6.45) is -1.09. The molecule has 2 aromatic rings. The molecule has 0 saturated heterocycles. The Bertz CT molecular complexity index is 688. The number of amides is 1. The number of fused-ring (bicyclic) bond motifs is 1. The first-order valence-corrected chi connectivity index (χ1v) is 7.56. The molecule has 2 aromatic carbocycles. The second-order valence-corrected chi connectivity index (χ2v) is 5.72. The van der Waals surface area contributed by atoms with Gasteiger partial charge in [0.25, 0.3) is 5.91 Å². The van der Waals surface area contributed by atoms with Crippen LogP contribution in [-0.2, 0) is 4.79 Å². The maximum Gasteiger partial charge on any atom is 0.257 e. The van der Waals surface area contributed by atoms with E-state index in [0.717, 1.165) is 22.4 Å². The van der Waals surface area contributed by atoms with Crippen LogP contribution in [0.5, 0.6) is 0 Å². The largest absolute Gasteiger partial charge is 0.378 e. The summed E-state index contributed by atoms with van der Waals surface area (Å²) >= 11 is 3.54. The lowest BCUT2D eigenvalue weighted by atomic mass is 10.1. The maximum atomic E-state index is 11.6. The number of benzene rings is 2. The third kappa shape index (κ3) is 2.43. The molecule has 1 unspecified atom stereocenters. The highest BCUT2D eigenvalue weighted by Gasteiger charge is 2.30. The Balaban J connectivity index is 2.07. The van der Waals surface area contributed by atoms with Crippen molar-refractivity contribution >= 4 is 38.9 Å². The van der Waals surface area contributed by atoms with Crippen LogP contribution in [0.25, 0.3) is 0 Å². The van der Waals surface area contributed by atoms with E-state index in [1.165, 1.54) is 0 Å². The third-order valence-electron chi connectivity index (χ3n) is 3.59. The van der Waals surface area contributed by atoms with Gasteiger partial charge in [-0.2, -0.15) is 0 Å². The molecule has 0 aliphatic carbocycles. The van der Waals surface area contributed by atoms with Gasteiger partial charge in [0, 0.05) is 28.0 Å². The van der Waals surface area contributed by atoms with Crippen molar-refractivity contribution in [1.82, 2.24) is 0 Å². The molecule has 1 aliphatic heterocycles. The van der Waals surface area contributed by atoms with Crippen LogP contribution in [0.2, 0.25) is 0 Å². The fourth-order valence-electron chi connectivity index (χ4n) is 2.56. The highest BCUT2D eigenvalue weighted by atomic mass is 79.9. The number of hydrogen-bond donors (Lipinski definition) is 2. The van der Waals surface area contributed by atoms with Crippen LogP contribution >= 0.6 is 15.9 Å². The molecular weight excluding hydrogens is 332 g/mol. The quantitative estimate of drug-likeness (QED) is 0.892. The Kier molecular flexibility index (Phi) is 3.69. The van der Waals surface area contributed by atoms with Crippen molar-refractivity contribution in [2.45, 2.75) is 13.0 Å². The molecule has 0 fully saturated rings. The van der Waals surface area contributed by atoms with Crippen LogP contribution < -0.4 is 10.2 Å². The van der Waals surface area contributed by atoms with Crippen LogP contribution in [0.4, 0.5) is 17.1 Å². The fourth-order valence-corrected chi connectivity index (χ4v) is 3.14. The van der Waals surface area contributed by atoms with Gasteiger partial charge in [-0.3, -0.25) is 4.79 Å². The highest BCUT2D eigenvalue weighted by molar-refractivity contribution is 9.10. The predicted molar refractivity (Wildman–Crippen MR) is 86.9 cm³/mol. The molecule has 0 radical (unpaired) electrons. The first-order chi connectivity index (χ1) is 10.1. The van der Waals surface area contributed by atoms with E-state index in [1.807, 2.05) is 36.4 Å². The number of carbonyl (C=O) groups excluding carboxylic acids is 1. The molecule has 2 N–H and O–H groups in total. The molecule has 1 amide bonds. The lowest BCUT2D eigenvalue weighted by molar-refractivity contribution is -0.123. The average molecular weight is 347 g/mol. The molecular formula is C16H15BrN2O2. The molecule has 0 saturated carbocycles. The summed E-state index contributed by atoms with van der Waals surface area (Å²) < 4.78 is 0.850. The first kappa shape index (κ1) is 14.1. The van der Waals surface area contributed by atoms with Crippen molar-refractivity contribution in [2.24, 2.45) is 0 Å². The molecule has 3 rings (SSSR count). The third-order valence-corrected chi connectivity index (χ3v) is 4.23. The highest BCUT2D eigenvalue weighted by Crippen LogP contribution is 2.40. The average Bonchev–Trinajstić information content (AvgIpc) is 2.76. The molecule has 1 heterocycles. The summed E-state index contributed by atoms with van der Waals surface area (Å²) in [5.41, 5.74) is 3.31. The number of anilines is 3. The van der Waals surface area contributed by atoms with Gasteiger partial charge in [-0.25, -0.2) is 0 Å². The minimum Gasteiger partial charge on any atom is -0.378 e. The van der Waals surface area contributed by atoms with Crippen molar-refractivity contribution < 1.29 is 9.90 Å². The number of aliphatic hydroxyl groups is 1. The van der Waals surface area contributed by atoms with E-state index in [1.54, 1.807) is 6.07 Å². The van der Waals surface area contributed by atoms with E-state index in [2.05, 4.69) is 33.1 Å². The van der Waals surface area contributed by atoms with Gasteiger partial charge in [0.1, 0.15) is 0 Å². The molecule has 5 heteroatoms. The summed E-state index contributed by atoms with van der Waals surface area (Å²) in [6, 6.07) is 13.7. The molecule has 1 atom stereocenters. The Morgan fingerprint density at radius 1 is 1.29 bits per heavy atom. The van der Waals surface area contributed by atoms with Crippen molar-refractivity contribution in [3.05, 3.63) is 52.5 Å². The van der Waals surface area contributed by atoms with E-state index >= 15 is 0 Å². The summed E-state index contributed by atoms with van der Waals surface area (Å²) in [4.78, 5) is 13.7. The van der Waals surface area contributed by atoms with Crippen molar-refractivity contribution in [3.63, 3.8) is 0 Å². The van der Waals surface area contributed by atoms with Crippen LogP contribution in [0.15, 0.2) is 46.9 Å². The zero-order chi connectivity index (χ0) is 15.0. The van der Waals surface area contributed by atoms with E-state index in [-0.39, 0.29) is 5.91 Å². The van der Waals surface area contributed by atoms with Gasteiger partial charge in [-0.1, -0.05) is 18.2 Å². The number of nitrogens with one attached hydrogen (secondary N) is 1. The topological polar surface area (TPSA) is 52.6 Å². The van der Waals surface area contributed by atoms with Crippen LogP contribution in [0.1, 0.15) is 18.6 Å². The van der Waals surface area contributed by atoms with Crippen LogP contribution in [0, 0.1) is 0 Å². The van der Waals surface area contributed by atoms with Gasteiger partial charge in [0.05, 0.1) is 5.69 Å². The molecule has 0 spiro atoms. The van der Waals surface area contributed by atoms with Gasteiger partial charge < -0.3 is 15.3 Å².